The number of hydrogen-bond acceptors (Lipinski definition) is 8. The van der Waals surface area contributed by atoms with E-state index in [1.54, 1.807) is 48.5 Å². The number of rotatable bonds is 8. The van der Waals surface area contributed by atoms with Crippen molar-refractivity contribution in [1.82, 2.24) is 9.97 Å². The van der Waals surface area contributed by atoms with Gasteiger partial charge in [0.2, 0.25) is 5.95 Å². The third-order valence-corrected chi connectivity index (χ3v) is 3.60. The zero-order valence-electron chi connectivity index (χ0n) is 15.3. The summed E-state index contributed by atoms with van der Waals surface area (Å²) in [4.78, 5) is 16.3. The molecule has 0 aliphatic carbocycles. The number of nitrogens with zero attached hydrogens (tertiary/aromatic N) is 4. The first-order chi connectivity index (χ1) is 14.2. The number of anilines is 4. The largest absolute Gasteiger partial charge is 0.391 e. The van der Waals surface area contributed by atoms with Crippen molar-refractivity contribution < 1.29 is 14.6 Å². The van der Waals surface area contributed by atoms with Gasteiger partial charge in [0, 0.05) is 23.8 Å². The Morgan fingerprint density at radius 3 is 2.07 bits per heavy atom. The molecule has 0 radical (unpaired) electrons. The van der Waals surface area contributed by atoms with Gasteiger partial charge in [0.1, 0.15) is 0 Å². The molecule has 0 saturated heterocycles. The lowest BCUT2D eigenvalue weighted by atomic mass is 10.3. The van der Waals surface area contributed by atoms with Gasteiger partial charge in [-0.25, -0.2) is 9.37 Å². The fourth-order valence-electron chi connectivity index (χ4n) is 2.40. The number of nitrogens with one attached hydrogen (secondary N) is 2. The van der Waals surface area contributed by atoms with Crippen LogP contribution in [-0.4, -0.2) is 45.8 Å². The maximum Gasteiger partial charge on any atom is 0.229 e. The summed E-state index contributed by atoms with van der Waals surface area (Å²) < 4.78 is 14.2. The molecule has 8 nitrogen and oxygen atoms in total. The number of benzene rings is 2. The third-order valence-electron chi connectivity index (χ3n) is 3.60. The lowest BCUT2D eigenvalue weighted by molar-refractivity contribution is 0.361. The van der Waals surface area contributed by atoms with Crippen molar-refractivity contribution in [2.24, 2.45) is 9.98 Å². The molecule has 3 aromatic rings. The summed E-state index contributed by atoms with van der Waals surface area (Å²) in [7, 11) is 0. The van der Waals surface area contributed by atoms with E-state index < -0.39 is 5.82 Å². The minimum Gasteiger partial charge on any atom is -0.391 e. The molecule has 4 N–H and O–H groups in total. The molecule has 0 saturated carbocycles. The molecule has 148 valence electrons. The monoisotopic (exact) mass is 394 g/mol. The molecule has 1 aromatic heterocycles. The molecule has 0 fully saturated rings. The van der Waals surface area contributed by atoms with Gasteiger partial charge in [0.25, 0.3) is 0 Å². The summed E-state index contributed by atoms with van der Waals surface area (Å²) in [6.07, 6.45) is 3.82. The Hall–Kier alpha value is -3.69. The molecule has 9 heteroatoms. The molecule has 0 unspecified atom stereocenters. The van der Waals surface area contributed by atoms with E-state index in [0.29, 0.717) is 22.7 Å². The van der Waals surface area contributed by atoms with Crippen LogP contribution in [0.2, 0.25) is 0 Å². The number of aliphatic imine (C=N–C) groups is 2. The molecule has 0 aliphatic rings. The van der Waals surface area contributed by atoms with Crippen molar-refractivity contribution in [3.05, 3.63) is 60.5 Å². The van der Waals surface area contributed by atoms with Crippen LogP contribution in [0.15, 0.2) is 64.7 Å². The zero-order chi connectivity index (χ0) is 20.5. The van der Waals surface area contributed by atoms with Crippen LogP contribution in [0.5, 0.6) is 0 Å². The second-order valence-corrected chi connectivity index (χ2v) is 5.73. The van der Waals surface area contributed by atoms with Crippen LogP contribution >= 0.6 is 0 Å². The highest BCUT2D eigenvalue weighted by Gasteiger charge is 2.08. The van der Waals surface area contributed by atoms with Crippen molar-refractivity contribution in [3.63, 3.8) is 0 Å². The maximum atomic E-state index is 14.2. The lowest BCUT2D eigenvalue weighted by Crippen LogP contribution is -2.03. The highest BCUT2D eigenvalue weighted by molar-refractivity contribution is 5.69. The Labute approximate surface area is 166 Å². The molecular formula is C20H19FN6O2. The minimum absolute atomic E-state index is 0.000226. The molecule has 1 heterocycles. The summed E-state index contributed by atoms with van der Waals surface area (Å²) in [5.74, 6) is -0.409. The second-order valence-electron chi connectivity index (χ2n) is 5.73. The van der Waals surface area contributed by atoms with Crippen molar-refractivity contribution in [2.45, 2.75) is 0 Å². The Morgan fingerprint density at radius 2 is 1.48 bits per heavy atom. The Morgan fingerprint density at radius 1 is 0.897 bits per heavy atom. The number of aliphatic hydroxyl groups is 2. The van der Waals surface area contributed by atoms with Crippen molar-refractivity contribution in [3.8, 4) is 0 Å². The molecule has 29 heavy (non-hydrogen) atoms. The van der Waals surface area contributed by atoms with Crippen LogP contribution in [0, 0.1) is 5.82 Å². The van der Waals surface area contributed by atoms with E-state index in [1.807, 2.05) is 0 Å². The fourth-order valence-corrected chi connectivity index (χ4v) is 2.40. The van der Waals surface area contributed by atoms with E-state index in [0.717, 1.165) is 6.20 Å². The van der Waals surface area contributed by atoms with Gasteiger partial charge in [-0.15, -0.1) is 0 Å². The smallest absolute Gasteiger partial charge is 0.229 e. The lowest BCUT2D eigenvalue weighted by Gasteiger charge is -2.10. The van der Waals surface area contributed by atoms with E-state index in [1.165, 1.54) is 12.4 Å². The van der Waals surface area contributed by atoms with E-state index in [2.05, 4.69) is 30.6 Å². The SMILES string of the molecule is OCC=Nc1cccc(Nc2ncc(F)c(Nc3cccc(N=CCO)c3)n2)c1. The topological polar surface area (TPSA) is 115 Å². The third kappa shape index (κ3) is 5.89. The normalized spacial score (nSPS) is 11.3. The van der Waals surface area contributed by atoms with Crippen LogP contribution < -0.4 is 10.6 Å². The van der Waals surface area contributed by atoms with E-state index in [4.69, 9.17) is 10.2 Å². The van der Waals surface area contributed by atoms with Crippen LogP contribution in [0.1, 0.15) is 0 Å². The molecule has 0 aliphatic heterocycles. The Kier molecular flexibility index (Phi) is 6.93. The summed E-state index contributed by atoms with van der Waals surface area (Å²) in [5.41, 5.74) is 2.50. The molecule has 0 spiro atoms. The van der Waals surface area contributed by atoms with Gasteiger partial charge < -0.3 is 20.8 Å². The van der Waals surface area contributed by atoms with Crippen LogP contribution in [-0.2, 0) is 0 Å². The average Bonchev–Trinajstić information content (AvgIpc) is 2.74. The van der Waals surface area contributed by atoms with Gasteiger partial charge in [-0.3, -0.25) is 9.98 Å². The fraction of sp³-hybridized carbons (Fsp3) is 0.100. The summed E-state index contributed by atoms with van der Waals surface area (Å²) in [6.45, 7) is -0.319. The highest BCUT2D eigenvalue weighted by Crippen LogP contribution is 2.24. The first kappa shape index (κ1) is 20.1. The highest BCUT2D eigenvalue weighted by atomic mass is 19.1. The van der Waals surface area contributed by atoms with Gasteiger partial charge >= 0.3 is 0 Å². The van der Waals surface area contributed by atoms with Gasteiger partial charge in [0.15, 0.2) is 11.6 Å². The van der Waals surface area contributed by atoms with Crippen LogP contribution in [0.4, 0.5) is 38.9 Å². The number of aromatic nitrogens is 2. The maximum absolute atomic E-state index is 14.2. The molecule has 0 amide bonds. The number of halogens is 1. The standard InChI is InChI=1S/C20H19FN6O2/c21-18-13-24-20(26-17-6-2-4-15(12-17)23-8-10-29)27-19(18)25-16-5-1-3-14(11-16)22-7-9-28/h1-8,11-13,28-29H,9-10H2,(H2,24,25,26,27). The van der Waals surface area contributed by atoms with Crippen molar-refractivity contribution in [1.29, 1.82) is 0 Å². The Bertz CT molecular complexity index is 1030. The quantitative estimate of drug-likeness (QED) is 0.435. The van der Waals surface area contributed by atoms with Gasteiger partial charge in [-0.2, -0.15) is 4.98 Å². The predicted octanol–water partition coefficient (Wildman–Crippen LogP) is 3.49. The minimum atomic E-state index is -0.610. The van der Waals surface area contributed by atoms with Gasteiger partial charge in [-0.05, 0) is 36.4 Å². The van der Waals surface area contributed by atoms with Crippen molar-refractivity contribution in [2.75, 3.05) is 23.8 Å². The van der Waals surface area contributed by atoms with Gasteiger partial charge in [-0.1, -0.05) is 12.1 Å². The molecule has 0 bridgehead atoms. The predicted molar refractivity (Wildman–Crippen MR) is 112 cm³/mol. The Balaban J connectivity index is 1.78. The second kappa shape index (κ2) is 10.0. The summed E-state index contributed by atoms with van der Waals surface area (Å²) in [5, 5.41) is 23.5. The first-order valence-electron chi connectivity index (χ1n) is 8.71. The number of aliphatic hydroxyl groups excluding tert-OH is 2. The van der Waals surface area contributed by atoms with E-state index in [9.17, 15) is 4.39 Å². The van der Waals surface area contributed by atoms with Gasteiger partial charge in [0.05, 0.1) is 30.8 Å². The molecular weight excluding hydrogens is 375 g/mol. The average molecular weight is 394 g/mol. The van der Waals surface area contributed by atoms with Crippen LogP contribution in [0.3, 0.4) is 0 Å². The summed E-state index contributed by atoms with van der Waals surface area (Å²) in [6, 6.07) is 14.1. The first-order valence-corrected chi connectivity index (χ1v) is 8.71. The zero-order valence-corrected chi connectivity index (χ0v) is 15.3. The molecule has 2 aromatic carbocycles. The molecule has 0 atom stereocenters. The van der Waals surface area contributed by atoms with Crippen molar-refractivity contribution >= 4 is 46.9 Å². The number of hydrogen-bond donors (Lipinski definition) is 4. The van der Waals surface area contributed by atoms with Crippen LogP contribution in [0.25, 0.3) is 0 Å². The van der Waals surface area contributed by atoms with E-state index in [-0.39, 0.29) is 25.0 Å². The summed E-state index contributed by atoms with van der Waals surface area (Å²) >= 11 is 0. The molecule has 3 rings (SSSR count). The van der Waals surface area contributed by atoms with E-state index >= 15 is 0 Å².